The largest absolute Gasteiger partial charge is 0.574 e. The van der Waals surface area contributed by atoms with Crippen molar-refractivity contribution >= 4 is 28.3 Å². The SMILES string of the molecule is N#Cc1cc(I)nc(OC(F)(F)F)c1N. The van der Waals surface area contributed by atoms with Crippen LogP contribution in [0.25, 0.3) is 0 Å². The maximum atomic E-state index is 11.9. The second-order valence-corrected chi connectivity index (χ2v) is 3.48. The average molecular weight is 329 g/mol. The number of nitriles is 1. The van der Waals surface area contributed by atoms with E-state index in [1.54, 1.807) is 28.7 Å². The Balaban J connectivity index is 3.20. The van der Waals surface area contributed by atoms with Crippen molar-refractivity contribution in [2.24, 2.45) is 0 Å². The quantitative estimate of drug-likeness (QED) is 0.632. The van der Waals surface area contributed by atoms with E-state index in [-0.39, 0.29) is 9.26 Å². The third-order valence-corrected chi connectivity index (χ3v) is 1.88. The van der Waals surface area contributed by atoms with Crippen LogP contribution in [0.5, 0.6) is 5.88 Å². The van der Waals surface area contributed by atoms with Gasteiger partial charge in [-0.25, -0.2) is 4.98 Å². The maximum absolute atomic E-state index is 11.9. The molecular weight excluding hydrogens is 326 g/mol. The van der Waals surface area contributed by atoms with Crippen LogP contribution in [0.4, 0.5) is 18.9 Å². The van der Waals surface area contributed by atoms with Gasteiger partial charge in [0.2, 0.25) is 5.88 Å². The molecule has 0 unspecified atom stereocenters. The van der Waals surface area contributed by atoms with Gasteiger partial charge in [0.1, 0.15) is 15.5 Å². The highest BCUT2D eigenvalue weighted by molar-refractivity contribution is 14.1. The summed E-state index contributed by atoms with van der Waals surface area (Å²) in [6.45, 7) is 0. The minimum Gasteiger partial charge on any atom is -0.393 e. The number of anilines is 1. The van der Waals surface area contributed by atoms with Crippen molar-refractivity contribution in [3.8, 4) is 11.9 Å². The minimum absolute atomic E-state index is 0.103. The second-order valence-electron chi connectivity index (χ2n) is 2.37. The number of hydrogen-bond donors (Lipinski definition) is 1. The Bertz CT molecular complexity index is 427. The summed E-state index contributed by atoms with van der Waals surface area (Å²) >= 11 is 1.66. The number of alkyl halides is 3. The zero-order chi connectivity index (χ0) is 11.6. The molecule has 80 valence electrons. The lowest BCUT2D eigenvalue weighted by molar-refractivity contribution is -0.275. The summed E-state index contributed by atoms with van der Waals surface area (Å²) in [6.07, 6.45) is -4.88. The molecule has 0 aliphatic rings. The van der Waals surface area contributed by atoms with Crippen LogP contribution in [0.15, 0.2) is 6.07 Å². The molecule has 1 heterocycles. The molecule has 2 N–H and O–H groups in total. The molecule has 0 saturated carbocycles. The number of ether oxygens (including phenoxy) is 1. The molecule has 1 rings (SSSR count). The maximum Gasteiger partial charge on any atom is 0.574 e. The first-order chi connectivity index (χ1) is 6.83. The smallest absolute Gasteiger partial charge is 0.393 e. The third-order valence-electron chi connectivity index (χ3n) is 1.33. The molecule has 0 bridgehead atoms. The standard InChI is InChI=1S/C7H3F3IN3O/c8-7(9,10)15-6-5(13)3(2-12)1-4(11)14-6/h1H,13H2. The van der Waals surface area contributed by atoms with Gasteiger partial charge >= 0.3 is 6.36 Å². The summed E-state index contributed by atoms with van der Waals surface area (Å²) < 4.78 is 39.4. The lowest BCUT2D eigenvalue weighted by Gasteiger charge is -2.10. The molecule has 1 aromatic heterocycles. The van der Waals surface area contributed by atoms with Gasteiger partial charge in [0.15, 0.2) is 0 Å². The topological polar surface area (TPSA) is 71.9 Å². The van der Waals surface area contributed by atoms with Crippen molar-refractivity contribution in [3.05, 3.63) is 15.3 Å². The van der Waals surface area contributed by atoms with E-state index in [9.17, 15) is 13.2 Å². The Morgan fingerprint density at radius 2 is 2.13 bits per heavy atom. The van der Waals surface area contributed by atoms with E-state index in [1.807, 2.05) is 0 Å². The first-order valence-electron chi connectivity index (χ1n) is 3.45. The zero-order valence-electron chi connectivity index (χ0n) is 6.97. The van der Waals surface area contributed by atoms with Crippen molar-refractivity contribution in [3.63, 3.8) is 0 Å². The Morgan fingerprint density at radius 3 is 2.60 bits per heavy atom. The van der Waals surface area contributed by atoms with Gasteiger partial charge in [0.05, 0.1) is 5.56 Å². The fourth-order valence-electron chi connectivity index (χ4n) is 0.781. The van der Waals surface area contributed by atoms with Gasteiger partial charge in [-0.05, 0) is 28.7 Å². The van der Waals surface area contributed by atoms with Gasteiger partial charge in [-0.3, -0.25) is 0 Å². The summed E-state index contributed by atoms with van der Waals surface area (Å²) in [5.74, 6) is -0.800. The first-order valence-corrected chi connectivity index (χ1v) is 4.53. The highest BCUT2D eigenvalue weighted by Crippen LogP contribution is 2.29. The van der Waals surface area contributed by atoms with Gasteiger partial charge in [-0.2, -0.15) is 5.26 Å². The molecule has 4 nitrogen and oxygen atoms in total. The molecule has 0 fully saturated rings. The highest BCUT2D eigenvalue weighted by Gasteiger charge is 2.33. The summed E-state index contributed by atoms with van der Waals surface area (Å²) in [4.78, 5) is 3.44. The van der Waals surface area contributed by atoms with Crippen molar-refractivity contribution in [2.75, 3.05) is 5.73 Å². The predicted molar refractivity (Wildman–Crippen MR) is 52.8 cm³/mol. The fourth-order valence-corrected chi connectivity index (χ4v) is 1.31. The van der Waals surface area contributed by atoms with Crippen LogP contribution in [0.2, 0.25) is 0 Å². The number of rotatable bonds is 1. The Hall–Kier alpha value is -1.24. The van der Waals surface area contributed by atoms with Crippen molar-refractivity contribution in [1.82, 2.24) is 4.98 Å². The van der Waals surface area contributed by atoms with Crippen LogP contribution < -0.4 is 10.5 Å². The number of halogens is 4. The first kappa shape index (κ1) is 11.8. The third kappa shape index (κ3) is 3.12. The molecule has 0 radical (unpaired) electrons. The van der Waals surface area contributed by atoms with Gasteiger partial charge in [0, 0.05) is 0 Å². The summed E-state index contributed by atoms with van der Waals surface area (Å²) in [7, 11) is 0. The summed E-state index contributed by atoms with van der Waals surface area (Å²) in [5, 5.41) is 8.57. The molecule has 1 aromatic rings. The number of nitrogens with two attached hydrogens (primary N) is 1. The van der Waals surface area contributed by atoms with Crippen LogP contribution in [-0.4, -0.2) is 11.3 Å². The second kappa shape index (κ2) is 4.09. The molecule has 0 aromatic carbocycles. The van der Waals surface area contributed by atoms with E-state index in [0.717, 1.165) is 0 Å². The van der Waals surface area contributed by atoms with E-state index in [0.29, 0.717) is 0 Å². The van der Waals surface area contributed by atoms with Crippen molar-refractivity contribution in [2.45, 2.75) is 6.36 Å². The number of nitrogens with zero attached hydrogens (tertiary/aromatic N) is 2. The fraction of sp³-hybridized carbons (Fsp3) is 0.143. The Labute approximate surface area is 96.0 Å². The van der Waals surface area contributed by atoms with Gasteiger partial charge in [-0.15, -0.1) is 13.2 Å². The highest BCUT2D eigenvalue weighted by atomic mass is 127. The molecule has 0 atom stereocenters. The molecule has 8 heteroatoms. The molecule has 0 amide bonds. The van der Waals surface area contributed by atoms with Crippen LogP contribution in [0.1, 0.15) is 5.56 Å². The van der Waals surface area contributed by atoms with E-state index in [4.69, 9.17) is 11.0 Å². The predicted octanol–water partition coefficient (Wildman–Crippen LogP) is 2.04. The van der Waals surface area contributed by atoms with Gasteiger partial charge in [0.25, 0.3) is 0 Å². The van der Waals surface area contributed by atoms with E-state index < -0.39 is 17.9 Å². The van der Waals surface area contributed by atoms with E-state index in [1.165, 1.54) is 6.07 Å². The number of nitrogen functional groups attached to an aromatic ring is 1. The van der Waals surface area contributed by atoms with Crippen LogP contribution in [-0.2, 0) is 0 Å². The molecule has 0 aliphatic heterocycles. The van der Waals surface area contributed by atoms with Gasteiger partial charge < -0.3 is 10.5 Å². The lowest BCUT2D eigenvalue weighted by atomic mass is 10.2. The zero-order valence-corrected chi connectivity index (χ0v) is 9.13. The number of pyridine rings is 1. The molecular formula is C7H3F3IN3O. The van der Waals surface area contributed by atoms with Crippen LogP contribution in [0, 0.1) is 15.0 Å². The monoisotopic (exact) mass is 329 g/mol. The van der Waals surface area contributed by atoms with Crippen LogP contribution in [0.3, 0.4) is 0 Å². The normalized spacial score (nSPS) is 10.9. The van der Waals surface area contributed by atoms with Crippen molar-refractivity contribution < 1.29 is 17.9 Å². The Morgan fingerprint density at radius 1 is 1.53 bits per heavy atom. The molecule has 0 spiro atoms. The molecule has 0 saturated heterocycles. The Kier molecular flexibility index (Phi) is 3.23. The molecule has 0 aliphatic carbocycles. The van der Waals surface area contributed by atoms with E-state index >= 15 is 0 Å². The molecule has 15 heavy (non-hydrogen) atoms. The average Bonchev–Trinajstić information content (AvgIpc) is 2.08. The van der Waals surface area contributed by atoms with Gasteiger partial charge in [-0.1, -0.05) is 0 Å². The van der Waals surface area contributed by atoms with Crippen molar-refractivity contribution in [1.29, 1.82) is 5.26 Å². The van der Waals surface area contributed by atoms with Crippen LogP contribution >= 0.6 is 22.6 Å². The number of aromatic nitrogens is 1. The number of hydrogen-bond acceptors (Lipinski definition) is 4. The van der Waals surface area contributed by atoms with E-state index in [2.05, 4.69) is 9.72 Å². The summed E-state index contributed by atoms with van der Waals surface area (Å²) in [6, 6.07) is 2.91. The lowest BCUT2D eigenvalue weighted by Crippen LogP contribution is -2.19. The minimum atomic E-state index is -4.88. The summed E-state index contributed by atoms with van der Waals surface area (Å²) in [5.41, 5.74) is 4.73.